The van der Waals surface area contributed by atoms with Gasteiger partial charge in [0.15, 0.2) is 0 Å². The number of carbonyl (C=O) groups excluding carboxylic acids is 2. The summed E-state index contributed by atoms with van der Waals surface area (Å²) in [6.07, 6.45) is 0. The number of ether oxygens (including phenoxy) is 1. The molecule has 0 radical (unpaired) electrons. The van der Waals surface area contributed by atoms with Crippen LogP contribution in [0.1, 0.15) is 18.5 Å². The molecule has 0 bridgehead atoms. The molecule has 5 heteroatoms. The zero-order valence-corrected chi connectivity index (χ0v) is 9.19. The largest absolute Gasteiger partial charge is 0.497 e. The summed E-state index contributed by atoms with van der Waals surface area (Å²) in [5.74, 6) is -1.04. The summed E-state index contributed by atoms with van der Waals surface area (Å²) in [5.41, 5.74) is 5.71. The van der Waals surface area contributed by atoms with E-state index in [1.54, 1.807) is 26.2 Å². The highest BCUT2D eigenvalue weighted by atomic mass is 16.5. The van der Waals surface area contributed by atoms with Crippen LogP contribution in [0.25, 0.3) is 0 Å². The van der Waals surface area contributed by atoms with E-state index in [1.165, 1.54) is 0 Å². The van der Waals surface area contributed by atoms with Crippen molar-refractivity contribution in [1.29, 1.82) is 0 Å². The topological polar surface area (TPSA) is 81.4 Å². The summed E-state index contributed by atoms with van der Waals surface area (Å²) in [5, 5.41) is 2.48. The van der Waals surface area contributed by atoms with Crippen molar-refractivity contribution < 1.29 is 14.3 Å². The number of carbonyl (C=O) groups is 2. The first-order valence-electron chi connectivity index (χ1n) is 4.79. The van der Waals surface area contributed by atoms with Crippen LogP contribution in [0.15, 0.2) is 24.3 Å². The number of methoxy groups -OCH3 is 1. The number of hydrogen-bond acceptors (Lipinski definition) is 3. The third-order valence-corrected chi connectivity index (χ3v) is 2.19. The molecule has 0 saturated heterocycles. The highest BCUT2D eigenvalue weighted by molar-refractivity contribution is 6.34. The Labute approximate surface area is 93.6 Å². The number of hydrogen-bond donors (Lipinski definition) is 2. The monoisotopic (exact) mass is 222 g/mol. The maximum atomic E-state index is 11.0. The Bertz CT molecular complexity index is 387. The van der Waals surface area contributed by atoms with Crippen LogP contribution in [0.5, 0.6) is 5.75 Å². The molecule has 16 heavy (non-hydrogen) atoms. The molecule has 0 saturated carbocycles. The third-order valence-electron chi connectivity index (χ3n) is 2.19. The van der Waals surface area contributed by atoms with Crippen LogP contribution in [-0.4, -0.2) is 18.9 Å². The molecule has 0 aliphatic rings. The second-order valence-corrected chi connectivity index (χ2v) is 3.33. The van der Waals surface area contributed by atoms with Crippen molar-refractivity contribution in [3.8, 4) is 5.75 Å². The molecule has 0 spiro atoms. The van der Waals surface area contributed by atoms with Gasteiger partial charge in [-0.2, -0.15) is 0 Å². The predicted molar refractivity (Wildman–Crippen MR) is 58.7 cm³/mol. The van der Waals surface area contributed by atoms with E-state index in [9.17, 15) is 9.59 Å². The van der Waals surface area contributed by atoms with Gasteiger partial charge in [0.25, 0.3) is 0 Å². The highest BCUT2D eigenvalue weighted by Crippen LogP contribution is 2.16. The summed E-state index contributed by atoms with van der Waals surface area (Å²) >= 11 is 0. The Morgan fingerprint density at radius 2 is 1.88 bits per heavy atom. The molecular formula is C11H14N2O3. The van der Waals surface area contributed by atoms with E-state index in [0.717, 1.165) is 11.3 Å². The Balaban J connectivity index is 2.69. The molecule has 1 unspecified atom stereocenters. The van der Waals surface area contributed by atoms with Crippen LogP contribution >= 0.6 is 0 Å². The molecule has 1 rings (SSSR count). The minimum Gasteiger partial charge on any atom is -0.497 e. The second-order valence-electron chi connectivity index (χ2n) is 3.33. The van der Waals surface area contributed by atoms with Crippen molar-refractivity contribution in [2.75, 3.05) is 7.11 Å². The highest BCUT2D eigenvalue weighted by Gasteiger charge is 2.13. The first-order valence-corrected chi connectivity index (χ1v) is 4.79. The van der Waals surface area contributed by atoms with E-state index in [1.807, 2.05) is 12.1 Å². The van der Waals surface area contributed by atoms with Crippen LogP contribution < -0.4 is 15.8 Å². The molecule has 0 fully saturated rings. The summed E-state index contributed by atoms with van der Waals surface area (Å²) in [6, 6.07) is 6.91. The van der Waals surface area contributed by atoms with E-state index >= 15 is 0 Å². The van der Waals surface area contributed by atoms with Crippen molar-refractivity contribution in [1.82, 2.24) is 5.32 Å². The van der Waals surface area contributed by atoms with Gasteiger partial charge < -0.3 is 15.8 Å². The lowest BCUT2D eigenvalue weighted by molar-refractivity contribution is -0.137. The first-order chi connectivity index (χ1) is 7.54. The number of rotatable bonds is 3. The average molecular weight is 222 g/mol. The van der Waals surface area contributed by atoms with Gasteiger partial charge >= 0.3 is 11.8 Å². The number of primary amides is 1. The van der Waals surface area contributed by atoms with Crippen LogP contribution in [0.3, 0.4) is 0 Å². The lowest BCUT2D eigenvalue weighted by Crippen LogP contribution is -2.37. The van der Waals surface area contributed by atoms with Crippen molar-refractivity contribution in [2.24, 2.45) is 5.73 Å². The van der Waals surface area contributed by atoms with Crippen molar-refractivity contribution in [3.63, 3.8) is 0 Å². The minimum absolute atomic E-state index is 0.272. The van der Waals surface area contributed by atoms with Gasteiger partial charge in [0.05, 0.1) is 13.2 Å². The van der Waals surface area contributed by atoms with Crippen molar-refractivity contribution in [2.45, 2.75) is 13.0 Å². The normalized spacial score (nSPS) is 11.6. The maximum absolute atomic E-state index is 11.0. The fourth-order valence-corrected chi connectivity index (χ4v) is 1.24. The molecule has 3 N–H and O–H groups in total. The van der Waals surface area contributed by atoms with Gasteiger partial charge in [-0.3, -0.25) is 9.59 Å². The summed E-state index contributed by atoms with van der Waals surface area (Å²) in [4.78, 5) is 21.6. The number of nitrogens with two attached hydrogens (primary N) is 1. The molecule has 0 heterocycles. The molecule has 2 amide bonds. The Hall–Kier alpha value is -2.04. The SMILES string of the molecule is COc1ccc(C(C)NC(=O)C(N)=O)cc1. The zero-order chi connectivity index (χ0) is 12.1. The van der Waals surface area contributed by atoms with Gasteiger partial charge in [-0.15, -0.1) is 0 Å². The Kier molecular flexibility index (Phi) is 3.88. The average Bonchev–Trinajstić information content (AvgIpc) is 2.28. The summed E-state index contributed by atoms with van der Waals surface area (Å²) < 4.78 is 5.01. The molecule has 0 aliphatic heterocycles. The lowest BCUT2D eigenvalue weighted by Gasteiger charge is -2.13. The van der Waals surface area contributed by atoms with Crippen LogP contribution in [-0.2, 0) is 9.59 Å². The van der Waals surface area contributed by atoms with Crippen LogP contribution in [0, 0.1) is 0 Å². The molecule has 1 atom stereocenters. The second kappa shape index (κ2) is 5.16. The number of amides is 2. The van der Waals surface area contributed by atoms with Gasteiger partial charge in [-0.1, -0.05) is 12.1 Å². The van der Waals surface area contributed by atoms with Gasteiger partial charge in [-0.25, -0.2) is 0 Å². The van der Waals surface area contributed by atoms with Crippen LogP contribution in [0.2, 0.25) is 0 Å². The van der Waals surface area contributed by atoms with Gasteiger partial charge in [-0.05, 0) is 24.6 Å². The third kappa shape index (κ3) is 2.98. The fourth-order valence-electron chi connectivity index (χ4n) is 1.24. The molecule has 1 aromatic carbocycles. The van der Waals surface area contributed by atoms with E-state index in [2.05, 4.69) is 5.32 Å². The van der Waals surface area contributed by atoms with Crippen molar-refractivity contribution >= 4 is 11.8 Å². The molecule has 1 aromatic rings. The maximum Gasteiger partial charge on any atom is 0.309 e. The molecule has 0 aliphatic carbocycles. The zero-order valence-electron chi connectivity index (χ0n) is 9.19. The number of nitrogens with one attached hydrogen (secondary N) is 1. The van der Waals surface area contributed by atoms with Gasteiger partial charge in [0, 0.05) is 0 Å². The van der Waals surface area contributed by atoms with Crippen LogP contribution in [0.4, 0.5) is 0 Å². The smallest absolute Gasteiger partial charge is 0.309 e. The fraction of sp³-hybridized carbons (Fsp3) is 0.273. The molecular weight excluding hydrogens is 208 g/mol. The Morgan fingerprint density at radius 1 is 1.31 bits per heavy atom. The van der Waals surface area contributed by atoms with E-state index in [-0.39, 0.29) is 6.04 Å². The van der Waals surface area contributed by atoms with Crippen molar-refractivity contribution in [3.05, 3.63) is 29.8 Å². The van der Waals surface area contributed by atoms with Gasteiger partial charge in [0.2, 0.25) is 0 Å². The minimum atomic E-state index is -0.986. The Morgan fingerprint density at radius 3 is 2.31 bits per heavy atom. The summed E-state index contributed by atoms with van der Waals surface area (Å²) in [6.45, 7) is 1.77. The van der Waals surface area contributed by atoms with E-state index < -0.39 is 11.8 Å². The van der Waals surface area contributed by atoms with E-state index in [0.29, 0.717) is 0 Å². The quantitative estimate of drug-likeness (QED) is 0.724. The molecule has 0 aromatic heterocycles. The first kappa shape index (κ1) is 12.0. The standard InChI is InChI=1S/C11H14N2O3/c1-7(13-11(15)10(12)14)8-3-5-9(16-2)6-4-8/h3-7H,1-2H3,(H2,12,14)(H,13,15). The molecule has 86 valence electrons. The predicted octanol–water partition coefficient (Wildman–Crippen LogP) is 0.358. The summed E-state index contributed by atoms with van der Waals surface area (Å²) in [7, 11) is 1.58. The van der Waals surface area contributed by atoms with Gasteiger partial charge in [0.1, 0.15) is 5.75 Å². The lowest BCUT2D eigenvalue weighted by atomic mass is 10.1. The molecule has 5 nitrogen and oxygen atoms in total. The van der Waals surface area contributed by atoms with E-state index in [4.69, 9.17) is 10.5 Å². The number of benzene rings is 1.